The van der Waals surface area contributed by atoms with E-state index in [0.717, 1.165) is 18.6 Å². The van der Waals surface area contributed by atoms with Gasteiger partial charge in [-0.3, -0.25) is 4.79 Å². The summed E-state index contributed by atoms with van der Waals surface area (Å²) in [5.41, 5.74) is 1.50. The normalized spacial score (nSPS) is 21.0. The van der Waals surface area contributed by atoms with Gasteiger partial charge in [-0.2, -0.15) is 0 Å². The third-order valence-electron chi connectivity index (χ3n) is 3.95. The van der Waals surface area contributed by atoms with Crippen molar-refractivity contribution in [1.82, 2.24) is 10.3 Å². The summed E-state index contributed by atoms with van der Waals surface area (Å²) in [7, 11) is 0. The fourth-order valence-corrected chi connectivity index (χ4v) is 2.75. The molecular weight excluding hydrogens is 280 g/mol. The van der Waals surface area contributed by atoms with Gasteiger partial charge in [0, 0.05) is 25.5 Å². The molecule has 1 N–H and O–H groups in total. The highest BCUT2D eigenvalue weighted by Gasteiger charge is 2.30. The zero-order chi connectivity index (χ0) is 15.4. The maximum Gasteiger partial charge on any atom is 0.273 e. The molecule has 5 nitrogen and oxygen atoms in total. The molecule has 1 amide bonds. The Morgan fingerprint density at radius 2 is 2.18 bits per heavy atom. The number of oxazole rings is 1. The largest absolute Gasteiger partial charge is 0.448 e. The van der Waals surface area contributed by atoms with Crippen LogP contribution >= 0.6 is 0 Å². The van der Waals surface area contributed by atoms with E-state index in [1.165, 1.54) is 6.26 Å². The Balaban J connectivity index is 1.59. The van der Waals surface area contributed by atoms with Crippen LogP contribution in [-0.2, 0) is 11.2 Å². The van der Waals surface area contributed by atoms with Crippen LogP contribution in [0.3, 0.4) is 0 Å². The number of carbonyl (C=O) groups excluding carboxylic acids is 1. The van der Waals surface area contributed by atoms with E-state index < -0.39 is 0 Å². The van der Waals surface area contributed by atoms with Gasteiger partial charge in [-0.1, -0.05) is 37.3 Å². The van der Waals surface area contributed by atoms with Gasteiger partial charge in [-0.25, -0.2) is 4.98 Å². The number of hydrogen-bond donors (Lipinski definition) is 1. The average molecular weight is 300 g/mol. The van der Waals surface area contributed by atoms with Crippen LogP contribution in [0.25, 0.3) is 0 Å². The number of rotatable bonds is 5. The number of nitrogens with one attached hydrogen (secondary N) is 1. The molecule has 1 aliphatic rings. The van der Waals surface area contributed by atoms with Crippen LogP contribution in [0.4, 0.5) is 0 Å². The molecule has 0 aliphatic carbocycles. The van der Waals surface area contributed by atoms with E-state index in [9.17, 15) is 4.79 Å². The number of ether oxygens (including phenoxy) is 1. The fourth-order valence-electron chi connectivity index (χ4n) is 2.75. The predicted molar refractivity (Wildman–Crippen MR) is 81.5 cm³/mol. The number of aromatic nitrogens is 1. The molecule has 5 heteroatoms. The summed E-state index contributed by atoms with van der Waals surface area (Å²) in [5.74, 6) is 0.669. The van der Waals surface area contributed by atoms with Crippen molar-refractivity contribution < 1.29 is 13.9 Å². The highest BCUT2D eigenvalue weighted by Crippen LogP contribution is 2.33. The molecule has 0 saturated carbocycles. The minimum Gasteiger partial charge on any atom is -0.448 e. The molecule has 1 aromatic heterocycles. The first-order valence-electron chi connectivity index (χ1n) is 7.67. The highest BCUT2D eigenvalue weighted by molar-refractivity contribution is 5.91. The fraction of sp³-hybridized carbons (Fsp3) is 0.412. The van der Waals surface area contributed by atoms with Gasteiger partial charge in [0.2, 0.25) is 0 Å². The Labute approximate surface area is 129 Å². The molecule has 1 fully saturated rings. The van der Waals surface area contributed by atoms with E-state index >= 15 is 0 Å². The number of nitrogens with zero attached hydrogens (tertiary/aromatic N) is 1. The Kier molecular flexibility index (Phi) is 4.53. The summed E-state index contributed by atoms with van der Waals surface area (Å²) in [6, 6.07) is 10.1. The van der Waals surface area contributed by atoms with Gasteiger partial charge < -0.3 is 14.5 Å². The minimum absolute atomic E-state index is 0.0463. The summed E-state index contributed by atoms with van der Waals surface area (Å²) < 4.78 is 11.0. The molecule has 1 saturated heterocycles. The third kappa shape index (κ3) is 3.20. The standard InChI is InChI=1S/C17H20N2O3/c1-2-15-19-14(11-22-15)17(20)18-10-13-8-9-21-16(13)12-6-4-3-5-7-12/h3-7,11,13,16H,2,8-10H2,1H3,(H,18,20)/t13-,16-/m1/s1. The Morgan fingerprint density at radius 3 is 2.91 bits per heavy atom. The first kappa shape index (κ1) is 14.8. The first-order valence-corrected chi connectivity index (χ1v) is 7.67. The zero-order valence-corrected chi connectivity index (χ0v) is 12.6. The summed E-state index contributed by atoms with van der Waals surface area (Å²) in [5, 5.41) is 2.94. The van der Waals surface area contributed by atoms with Crippen molar-refractivity contribution in [3.05, 3.63) is 53.7 Å². The maximum atomic E-state index is 12.1. The van der Waals surface area contributed by atoms with Crippen molar-refractivity contribution in [2.24, 2.45) is 5.92 Å². The Hall–Kier alpha value is -2.14. The van der Waals surface area contributed by atoms with Gasteiger partial charge in [0.15, 0.2) is 11.6 Å². The number of benzene rings is 1. The summed E-state index contributed by atoms with van der Waals surface area (Å²) in [6.45, 7) is 3.24. The van der Waals surface area contributed by atoms with Gasteiger partial charge in [-0.15, -0.1) is 0 Å². The van der Waals surface area contributed by atoms with Gasteiger partial charge >= 0.3 is 0 Å². The molecule has 3 rings (SSSR count). The number of amides is 1. The molecule has 2 heterocycles. The molecular formula is C17H20N2O3. The molecule has 1 aromatic carbocycles. The second-order valence-electron chi connectivity index (χ2n) is 5.44. The van der Waals surface area contributed by atoms with Crippen LogP contribution in [0.15, 0.2) is 41.0 Å². The van der Waals surface area contributed by atoms with Crippen molar-refractivity contribution in [1.29, 1.82) is 0 Å². The van der Waals surface area contributed by atoms with E-state index in [4.69, 9.17) is 9.15 Å². The third-order valence-corrected chi connectivity index (χ3v) is 3.95. The molecule has 0 radical (unpaired) electrons. The van der Waals surface area contributed by atoms with Crippen molar-refractivity contribution in [3.63, 3.8) is 0 Å². The van der Waals surface area contributed by atoms with Crippen molar-refractivity contribution in [2.75, 3.05) is 13.2 Å². The van der Waals surface area contributed by atoms with Crippen molar-refractivity contribution in [3.8, 4) is 0 Å². The topological polar surface area (TPSA) is 64.4 Å². The van der Waals surface area contributed by atoms with Crippen LogP contribution in [-0.4, -0.2) is 24.0 Å². The SMILES string of the molecule is CCc1nc(C(=O)NC[C@H]2CCO[C@@H]2c2ccccc2)co1. The van der Waals surface area contributed by atoms with Crippen LogP contribution in [0.5, 0.6) is 0 Å². The Bertz CT molecular complexity index is 624. The van der Waals surface area contributed by atoms with Crippen LogP contribution in [0.2, 0.25) is 0 Å². The van der Waals surface area contributed by atoms with Gasteiger partial charge in [0.1, 0.15) is 6.26 Å². The molecule has 1 aliphatic heterocycles. The van der Waals surface area contributed by atoms with Crippen LogP contribution in [0, 0.1) is 5.92 Å². The van der Waals surface area contributed by atoms with E-state index in [0.29, 0.717) is 24.6 Å². The number of hydrogen-bond acceptors (Lipinski definition) is 4. The summed E-state index contributed by atoms with van der Waals surface area (Å²) in [6.07, 6.45) is 3.08. The van der Waals surface area contributed by atoms with Crippen LogP contribution < -0.4 is 5.32 Å². The van der Waals surface area contributed by atoms with Crippen LogP contribution in [0.1, 0.15) is 41.4 Å². The lowest BCUT2D eigenvalue weighted by Gasteiger charge is -2.19. The quantitative estimate of drug-likeness (QED) is 0.922. The van der Waals surface area contributed by atoms with Crippen molar-refractivity contribution in [2.45, 2.75) is 25.9 Å². The lowest BCUT2D eigenvalue weighted by atomic mass is 9.95. The molecule has 116 valence electrons. The maximum absolute atomic E-state index is 12.1. The monoisotopic (exact) mass is 300 g/mol. The van der Waals surface area contributed by atoms with Gasteiger partial charge in [-0.05, 0) is 12.0 Å². The molecule has 22 heavy (non-hydrogen) atoms. The smallest absolute Gasteiger partial charge is 0.273 e. The molecule has 0 unspecified atom stereocenters. The molecule has 0 spiro atoms. The Morgan fingerprint density at radius 1 is 1.36 bits per heavy atom. The van der Waals surface area contributed by atoms with Gasteiger partial charge in [0.05, 0.1) is 6.10 Å². The molecule has 0 bridgehead atoms. The molecule has 2 aromatic rings. The average Bonchev–Trinajstić information content (AvgIpc) is 3.22. The predicted octanol–water partition coefficient (Wildman–Crippen LogP) is 2.74. The van der Waals surface area contributed by atoms with Crippen molar-refractivity contribution >= 4 is 5.91 Å². The second kappa shape index (κ2) is 6.75. The zero-order valence-electron chi connectivity index (χ0n) is 12.6. The van der Waals surface area contributed by atoms with Gasteiger partial charge in [0.25, 0.3) is 5.91 Å². The number of carbonyl (C=O) groups is 1. The lowest BCUT2D eigenvalue weighted by molar-refractivity contribution is 0.0844. The van der Waals surface area contributed by atoms with E-state index in [-0.39, 0.29) is 17.9 Å². The highest BCUT2D eigenvalue weighted by atomic mass is 16.5. The minimum atomic E-state index is -0.192. The van der Waals surface area contributed by atoms with E-state index in [1.807, 2.05) is 25.1 Å². The van der Waals surface area contributed by atoms with E-state index in [1.54, 1.807) is 0 Å². The molecule has 2 atom stereocenters. The van der Waals surface area contributed by atoms with E-state index in [2.05, 4.69) is 22.4 Å². The summed E-state index contributed by atoms with van der Waals surface area (Å²) in [4.78, 5) is 16.2. The summed E-state index contributed by atoms with van der Waals surface area (Å²) >= 11 is 0. The lowest BCUT2D eigenvalue weighted by Crippen LogP contribution is -2.30. The first-order chi connectivity index (χ1) is 10.8. The number of aryl methyl sites for hydroxylation is 1. The second-order valence-corrected chi connectivity index (χ2v) is 5.44.